The number of benzene rings is 1. The SMILES string of the molecule is CC(C)(C)/C=C(\Oc1cc(Cl)ccc1Cl)n1cncn1. The second kappa shape index (κ2) is 5.85. The van der Waals surface area contributed by atoms with E-state index in [-0.39, 0.29) is 5.41 Å². The Labute approximate surface area is 128 Å². The van der Waals surface area contributed by atoms with Crippen LogP contribution in [0.1, 0.15) is 20.8 Å². The molecule has 0 saturated carbocycles. The zero-order valence-electron chi connectivity index (χ0n) is 11.5. The molecule has 1 heterocycles. The van der Waals surface area contributed by atoms with Crippen LogP contribution in [0.4, 0.5) is 0 Å². The third-order valence-corrected chi connectivity index (χ3v) is 2.86. The molecule has 0 saturated heterocycles. The number of hydrogen-bond donors (Lipinski definition) is 0. The smallest absolute Gasteiger partial charge is 0.218 e. The molecule has 4 nitrogen and oxygen atoms in total. The van der Waals surface area contributed by atoms with Gasteiger partial charge < -0.3 is 4.74 Å². The van der Waals surface area contributed by atoms with E-state index in [1.165, 1.54) is 6.33 Å². The van der Waals surface area contributed by atoms with E-state index in [9.17, 15) is 0 Å². The standard InChI is InChI=1S/C14H15Cl2N3O/c1-14(2,3)7-13(19-9-17-8-18-19)20-12-6-10(15)4-5-11(12)16/h4-9H,1-3H3/b13-7-. The molecule has 6 heteroatoms. The van der Waals surface area contributed by atoms with Gasteiger partial charge in [-0.15, -0.1) is 0 Å². The predicted molar refractivity (Wildman–Crippen MR) is 80.8 cm³/mol. The first-order valence-electron chi connectivity index (χ1n) is 6.06. The van der Waals surface area contributed by atoms with Crippen LogP contribution in [0.3, 0.4) is 0 Å². The fourth-order valence-corrected chi connectivity index (χ4v) is 1.82. The van der Waals surface area contributed by atoms with E-state index in [1.807, 2.05) is 6.08 Å². The number of aromatic nitrogens is 3. The van der Waals surface area contributed by atoms with Crippen molar-refractivity contribution in [2.45, 2.75) is 20.8 Å². The molecule has 20 heavy (non-hydrogen) atoms. The second-order valence-corrected chi connectivity index (χ2v) is 6.21. The lowest BCUT2D eigenvalue weighted by atomic mass is 9.97. The molecule has 0 aliphatic rings. The summed E-state index contributed by atoms with van der Waals surface area (Å²) in [6.07, 6.45) is 4.95. The average Bonchev–Trinajstić information content (AvgIpc) is 2.85. The molecule has 0 aliphatic carbocycles. The van der Waals surface area contributed by atoms with Gasteiger partial charge in [0.25, 0.3) is 0 Å². The van der Waals surface area contributed by atoms with Crippen molar-refractivity contribution in [3.8, 4) is 5.75 Å². The highest BCUT2D eigenvalue weighted by Crippen LogP contribution is 2.31. The molecule has 0 amide bonds. The summed E-state index contributed by atoms with van der Waals surface area (Å²) >= 11 is 12.1. The fourth-order valence-electron chi connectivity index (χ4n) is 1.50. The van der Waals surface area contributed by atoms with Gasteiger partial charge in [-0.3, -0.25) is 0 Å². The molecule has 0 unspecified atom stereocenters. The van der Waals surface area contributed by atoms with Crippen LogP contribution in [0.15, 0.2) is 36.9 Å². The fraction of sp³-hybridized carbons (Fsp3) is 0.286. The van der Waals surface area contributed by atoms with Crippen LogP contribution in [0, 0.1) is 5.41 Å². The van der Waals surface area contributed by atoms with Crippen molar-refractivity contribution >= 4 is 29.1 Å². The van der Waals surface area contributed by atoms with E-state index < -0.39 is 0 Å². The topological polar surface area (TPSA) is 39.9 Å². The van der Waals surface area contributed by atoms with Gasteiger partial charge in [0.15, 0.2) is 0 Å². The number of rotatable bonds is 3. The quantitative estimate of drug-likeness (QED) is 0.783. The van der Waals surface area contributed by atoms with Crippen LogP contribution in [-0.4, -0.2) is 14.8 Å². The van der Waals surface area contributed by atoms with Gasteiger partial charge in [-0.05, 0) is 23.6 Å². The van der Waals surface area contributed by atoms with Gasteiger partial charge in [0, 0.05) is 11.1 Å². The molecule has 0 bridgehead atoms. The Morgan fingerprint density at radius 1 is 1.30 bits per heavy atom. The number of nitrogens with zero attached hydrogens (tertiary/aromatic N) is 3. The van der Waals surface area contributed by atoms with Gasteiger partial charge in [-0.1, -0.05) is 44.0 Å². The zero-order valence-corrected chi connectivity index (χ0v) is 13.0. The molecule has 106 valence electrons. The number of allylic oxidation sites excluding steroid dienone is 1. The third-order valence-electron chi connectivity index (χ3n) is 2.31. The minimum Gasteiger partial charge on any atom is -0.438 e. The summed E-state index contributed by atoms with van der Waals surface area (Å²) in [6, 6.07) is 5.06. The first kappa shape index (κ1) is 14.9. The Morgan fingerprint density at radius 3 is 2.65 bits per heavy atom. The van der Waals surface area contributed by atoms with Gasteiger partial charge in [0.05, 0.1) is 5.02 Å². The Morgan fingerprint density at radius 2 is 2.05 bits per heavy atom. The number of ether oxygens (including phenoxy) is 1. The summed E-state index contributed by atoms with van der Waals surface area (Å²) in [5.41, 5.74) is -0.0909. The molecule has 0 N–H and O–H groups in total. The summed E-state index contributed by atoms with van der Waals surface area (Å²) < 4.78 is 7.40. The molecule has 2 rings (SSSR count). The van der Waals surface area contributed by atoms with Gasteiger partial charge in [0.2, 0.25) is 5.88 Å². The Hall–Kier alpha value is -1.52. The van der Waals surface area contributed by atoms with Crippen molar-refractivity contribution in [3.05, 3.63) is 47.0 Å². The predicted octanol–water partition coefficient (Wildman–Crippen LogP) is 4.51. The first-order chi connectivity index (χ1) is 9.35. The van der Waals surface area contributed by atoms with Gasteiger partial charge >= 0.3 is 0 Å². The molecule has 0 aliphatic heterocycles. The maximum atomic E-state index is 6.12. The van der Waals surface area contributed by atoms with Gasteiger partial charge in [-0.2, -0.15) is 9.78 Å². The van der Waals surface area contributed by atoms with Crippen LogP contribution in [0.2, 0.25) is 10.0 Å². The molecule has 0 radical (unpaired) electrons. The normalized spacial score (nSPS) is 12.6. The minimum atomic E-state index is -0.0909. The molecule has 0 spiro atoms. The van der Waals surface area contributed by atoms with Crippen LogP contribution in [-0.2, 0) is 0 Å². The second-order valence-electron chi connectivity index (χ2n) is 5.37. The van der Waals surface area contributed by atoms with E-state index in [1.54, 1.807) is 29.2 Å². The summed E-state index contributed by atoms with van der Waals surface area (Å²) in [5.74, 6) is 1.00. The van der Waals surface area contributed by atoms with Crippen LogP contribution in [0.5, 0.6) is 5.75 Å². The largest absolute Gasteiger partial charge is 0.438 e. The van der Waals surface area contributed by atoms with Gasteiger partial charge in [-0.25, -0.2) is 4.98 Å². The van der Waals surface area contributed by atoms with Crippen molar-refractivity contribution in [1.82, 2.24) is 14.8 Å². The Kier molecular flexibility index (Phi) is 4.35. The highest BCUT2D eigenvalue weighted by Gasteiger charge is 2.14. The molecule has 0 fully saturated rings. The lowest BCUT2D eigenvalue weighted by molar-refractivity contribution is 0.443. The van der Waals surface area contributed by atoms with Gasteiger partial charge in [0.1, 0.15) is 18.4 Å². The van der Waals surface area contributed by atoms with Crippen molar-refractivity contribution in [1.29, 1.82) is 0 Å². The molecular formula is C14H15Cl2N3O. The van der Waals surface area contributed by atoms with E-state index >= 15 is 0 Å². The minimum absolute atomic E-state index is 0.0909. The molecule has 2 aromatic rings. The first-order valence-corrected chi connectivity index (χ1v) is 6.81. The third kappa shape index (κ3) is 3.99. The Balaban J connectivity index is 2.39. The molecule has 0 atom stereocenters. The van der Waals surface area contributed by atoms with E-state index in [0.717, 1.165) is 0 Å². The zero-order chi connectivity index (χ0) is 14.8. The van der Waals surface area contributed by atoms with Crippen molar-refractivity contribution < 1.29 is 4.74 Å². The van der Waals surface area contributed by atoms with Crippen LogP contribution >= 0.6 is 23.2 Å². The monoisotopic (exact) mass is 311 g/mol. The maximum absolute atomic E-state index is 6.12. The Bertz CT molecular complexity index is 616. The van der Waals surface area contributed by atoms with E-state index in [2.05, 4.69) is 30.9 Å². The lowest BCUT2D eigenvalue weighted by Gasteiger charge is -2.17. The lowest BCUT2D eigenvalue weighted by Crippen LogP contribution is -2.10. The average molecular weight is 312 g/mol. The summed E-state index contributed by atoms with van der Waals surface area (Å²) in [7, 11) is 0. The van der Waals surface area contributed by atoms with Crippen molar-refractivity contribution in [2.75, 3.05) is 0 Å². The van der Waals surface area contributed by atoms with Crippen molar-refractivity contribution in [2.24, 2.45) is 5.41 Å². The molecule has 1 aromatic carbocycles. The number of halogens is 2. The van der Waals surface area contributed by atoms with E-state index in [4.69, 9.17) is 27.9 Å². The highest BCUT2D eigenvalue weighted by atomic mass is 35.5. The maximum Gasteiger partial charge on any atom is 0.218 e. The molecular weight excluding hydrogens is 297 g/mol. The summed E-state index contributed by atoms with van der Waals surface area (Å²) in [6.45, 7) is 6.19. The van der Waals surface area contributed by atoms with Crippen LogP contribution < -0.4 is 4.74 Å². The van der Waals surface area contributed by atoms with Crippen LogP contribution in [0.25, 0.3) is 5.88 Å². The van der Waals surface area contributed by atoms with Crippen molar-refractivity contribution in [3.63, 3.8) is 0 Å². The summed E-state index contributed by atoms with van der Waals surface area (Å²) in [5, 5.41) is 5.12. The van der Waals surface area contributed by atoms with E-state index in [0.29, 0.717) is 21.7 Å². The highest BCUT2D eigenvalue weighted by molar-refractivity contribution is 6.34. The number of hydrogen-bond acceptors (Lipinski definition) is 3. The molecule has 1 aromatic heterocycles. The summed E-state index contributed by atoms with van der Waals surface area (Å²) in [4.78, 5) is 3.93.